The average Bonchev–Trinajstić information content (AvgIpc) is 2.54. The van der Waals surface area contributed by atoms with E-state index in [4.69, 9.17) is 9.47 Å². The lowest BCUT2D eigenvalue weighted by atomic mass is 10.0. The Morgan fingerprint density at radius 2 is 2.10 bits per heavy atom. The van der Waals surface area contributed by atoms with Crippen LogP contribution >= 0.6 is 0 Å². The SMILES string of the molecule is CN(C(=O)c1ccc2c(c1)OCCO2)[C@@H]1CCCNC1. The Hall–Kier alpha value is -1.75. The van der Waals surface area contributed by atoms with Crippen LogP contribution in [0.25, 0.3) is 0 Å². The zero-order valence-corrected chi connectivity index (χ0v) is 11.7. The molecule has 1 fully saturated rings. The number of nitrogens with zero attached hydrogens (tertiary/aromatic N) is 1. The maximum Gasteiger partial charge on any atom is 0.254 e. The number of hydrogen-bond donors (Lipinski definition) is 1. The molecular weight excluding hydrogens is 256 g/mol. The van der Waals surface area contributed by atoms with Crippen LogP contribution in [0.4, 0.5) is 0 Å². The number of benzene rings is 1. The first-order valence-electron chi connectivity index (χ1n) is 7.13. The number of ether oxygens (including phenoxy) is 2. The normalized spacial score (nSPS) is 21.4. The molecule has 0 unspecified atom stereocenters. The molecule has 1 amide bonds. The third kappa shape index (κ3) is 2.58. The summed E-state index contributed by atoms with van der Waals surface area (Å²) in [5.74, 6) is 1.42. The summed E-state index contributed by atoms with van der Waals surface area (Å²) in [6.07, 6.45) is 2.17. The summed E-state index contributed by atoms with van der Waals surface area (Å²) in [6, 6.07) is 5.67. The number of piperidine rings is 1. The molecule has 2 aliphatic heterocycles. The second kappa shape index (κ2) is 5.71. The van der Waals surface area contributed by atoms with E-state index in [1.165, 1.54) is 0 Å². The van der Waals surface area contributed by atoms with Crippen LogP contribution in [0.3, 0.4) is 0 Å². The van der Waals surface area contributed by atoms with Gasteiger partial charge in [-0.15, -0.1) is 0 Å². The largest absolute Gasteiger partial charge is 0.486 e. The number of amides is 1. The van der Waals surface area contributed by atoms with E-state index < -0.39 is 0 Å². The van der Waals surface area contributed by atoms with E-state index in [9.17, 15) is 4.79 Å². The van der Waals surface area contributed by atoms with Crippen molar-refractivity contribution in [3.8, 4) is 11.5 Å². The van der Waals surface area contributed by atoms with Gasteiger partial charge in [0, 0.05) is 25.2 Å². The summed E-state index contributed by atoms with van der Waals surface area (Å²) in [5.41, 5.74) is 0.655. The molecule has 0 saturated carbocycles. The number of carbonyl (C=O) groups excluding carboxylic acids is 1. The van der Waals surface area contributed by atoms with Gasteiger partial charge in [-0.25, -0.2) is 0 Å². The fourth-order valence-electron chi connectivity index (χ4n) is 2.71. The van der Waals surface area contributed by atoms with Gasteiger partial charge in [-0.2, -0.15) is 0 Å². The summed E-state index contributed by atoms with van der Waals surface area (Å²) in [4.78, 5) is 14.4. The van der Waals surface area contributed by atoms with Crippen LogP contribution in [0.2, 0.25) is 0 Å². The van der Waals surface area contributed by atoms with Crippen LogP contribution in [0.15, 0.2) is 18.2 Å². The molecule has 5 heteroatoms. The molecule has 1 aromatic carbocycles. The Morgan fingerprint density at radius 3 is 2.85 bits per heavy atom. The number of carbonyl (C=O) groups is 1. The van der Waals surface area contributed by atoms with E-state index in [1.54, 1.807) is 6.07 Å². The number of rotatable bonds is 2. The van der Waals surface area contributed by atoms with Gasteiger partial charge in [0.15, 0.2) is 11.5 Å². The van der Waals surface area contributed by atoms with Crippen LogP contribution < -0.4 is 14.8 Å². The van der Waals surface area contributed by atoms with Gasteiger partial charge in [-0.1, -0.05) is 0 Å². The second-order valence-electron chi connectivity index (χ2n) is 5.27. The van der Waals surface area contributed by atoms with Crippen molar-refractivity contribution in [3.05, 3.63) is 23.8 Å². The number of nitrogens with one attached hydrogen (secondary N) is 1. The van der Waals surface area contributed by atoms with E-state index in [2.05, 4.69) is 5.32 Å². The minimum atomic E-state index is 0.0377. The summed E-state index contributed by atoms with van der Waals surface area (Å²) >= 11 is 0. The van der Waals surface area contributed by atoms with Crippen molar-refractivity contribution in [2.45, 2.75) is 18.9 Å². The summed E-state index contributed by atoms with van der Waals surface area (Å²) in [6.45, 7) is 3.01. The maximum atomic E-state index is 12.5. The molecule has 20 heavy (non-hydrogen) atoms. The predicted molar refractivity (Wildman–Crippen MR) is 75.4 cm³/mol. The van der Waals surface area contributed by atoms with Gasteiger partial charge in [0.05, 0.1) is 0 Å². The summed E-state index contributed by atoms with van der Waals surface area (Å²) in [5, 5.41) is 3.33. The molecule has 1 saturated heterocycles. The number of fused-ring (bicyclic) bond motifs is 1. The first-order chi connectivity index (χ1) is 9.75. The molecule has 1 aromatic rings. The first kappa shape index (κ1) is 13.2. The molecule has 5 nitrogen and oxygen atoms in total. The quantitative estimate of drug-likeness (QED) is 0.884. The molecule has 0 bridgehead atoms. The van der Waals surface area contributed by atoms with Crippen LogP contribution in [0.5, 0.6) is 11.5 Å². The monoisotopic (exact) mass is 276 g/mol. The fraction of sp³-hybridized carbons (Fsp3) is 0.533. The van der Waals surface area contributed by atoms with Gasteiger partial charge < -0.3 is 19.7 Å². The highest BCUT2D eigenvalue weighted by Crippen LogP contribution is 2.31. The van der Waals surface area contributed by atoms with Gasteiger partial charge in [0.1, 0.15) is 13.2 Å². The topological polar surface area (TPSA) is 50.8 Å². The predicted octanol–water partition coefficient (Wildman–Crippen LogP) is 1.28. The molecule has 1 N–H and O–H groups in total. The smallest absolute Gasteiger partial charge is 0.254 e. The Kier molecular flexibility index (Phi) is 3.78. The van der Waals surface area contributed by atoms with Gasteiger partial charge in [0.2, 0.25) is 0 Å². The molecule has 0 aliphatic carbocycles. The highest BCUT2D eigenvalue weighted by Gasteiger charge is 2.24. The lowest BCUT2D eigenvalue weighted by Gasteiger charge is -2.32. The molecule has 2 heterocycles. The molecule has 1 atom stereocenters. The minimum absolute atomic E-state index is 0.0377. The first-order valence-corrected chi connectivity index (χ1v) is 7.13. The lowest BCUT2D eigenvalue weighted by molar-refractivity contribution is 0.0707. The summed E-state index contributed by atoms with van der Waals surface area (Å²) < 4.78 is 11.0. The summed E-state index contributed by atoms with van der Waals surface area (Å²) in [7, 11) is 1.87. The van der Waals surface area contributed by atoms with Crippen molar-refractivity contribution in [2.24, 2.45) is 0 Å². The van der Waals surface area contributed by atoms with Crippen LogP contribution in [-0.2, 0) is 0 Å². The standard InChI is InChI=1S/C15H20N2O3/c1-17(12-3-2-6-16-10-12)15(18)11-4-5-13-14(9-11)20-8-7-19-13/h4-5,9,12,16H,2-3,6-8,10H2,1H3/t12-/m1/s1. The Balaban J connectivity index is 1.75. The van der Waals surface area contributed by atoms with Crippen LogP contribution in [0, 0.1) is 0 Å². The van der Waals surface area contributed by atoms with Gasteiger partial charge in [-0.05, 0) is 37.6 Å². The highest BCUT2D eigenvalue weighted by molar-refractivity contribution is 5.95. The van der Waals surface area contributed by atoms with Crippen molar-refractivity contribution in [2.75, 3.05) is 33.4 Å². The highest BCUT2D eigenvalue weighted by atomic mass is 16.6. The van der Waals surface area contributed by atoms with E-state index in [-0.39, 0.29) is 11.9 Å². The Morgan fingerprint density at radius 1 is 1.30 bits per heavy atom. The van der Waals surface area contributed by atoms with Crippen molar-refractivity contribution in [1.29, 1.82) is 0 Å². The zero-order chi connectivity index (χ0) is 13.9. The van der Waals surface area contributed by atoms with Crippen LogP contribution in [0.1, 0.15) is 23.2 Å². The van der Waals surface area contributed by atoms with Crippen molar-refractivity contribution >= 4 is 5.91 Å². The average molecular weight is 276 g/mol. The molecule has 0 spiro atoms. The van der Waals surface area contributed by atoms with Crippen molar-refractivity contribution < 1.29 is 14.3 Å². The third-order valence-corrected chi connectivity index (χ3v) is 3.93. The van der Waals surface area contributed by atoms with E-state index >= 15 is 0 Å². The molecule has 3 rings (SSSR count). The Bertz CT molecular complexity index is 498. The number of hydrogen-bond acceptors (Lipinski definition) is 4. The van der Waals surface area contributed by atoms with Crippen LogP contribution in [-0.4, -0.2) is 50.2 Å². The van der Waals surface area contributed by atoms with E-state index in [0.29, 0.717) is 24.5 Å². The maximum absolute atomic E-state index is 12.5. The third-order valence-electron chi connectivity index (χ3n) is 3.93. The molecular formula is C15H20N2O3. The number of likely N-dealkylation sites (N-methyl/N-ethyl adjacent to an activating group) is 1. The Labute approximate surface area is 118 Å². The van der Waals surface area contributed by atoms with Gasteiger partial charge in [0.25, 0.3) is 5.91 Å². The minimum Gasteiger partial charge on any atom is -0.486 e. The molecule has 0 aromatic heterocycles. The van der Waals surface area contributed by atoms with Crippen molar-refractivity contribution in [1.82, 2.24) is 10.2 Å². The fourth-order valence-corrected chi connectivity index (χ4v) is 2.71. The van der Waals surface area contributed by atoms with E-state index in [1.807, 2.05) is 24.1 Å². The van der Waals surface area contributed by atoms with Gasteiger partial charge >= 0.3 is 0 Å². The lowest BCUT2D eigenvalue weighted by Crippen LogP contribution is -2.46. The molecule has 108 valence electrons. The van der Waals surface area contributed by atoms with E-state index in [0.717, 1.165) is 31.7 Å². The van der Waals surface area contributed by atoms with Crippen molar-refractivity contribution in [3.63, 3.8) is 0 Å². The molecule has 0 radical (unpaired) electrons. The zero-order valence-electron chi connectivity index (χ0n) is 11.7. The molecule has 2 aliphatic rings. The van der Waals surface area contributed by atoms with Gasteiger partial charge in [-0.3, -0.25) is 4.79 Å². The second-order valence-corrected chi connectivity index (χ2v) is 5.27.